The molecule has 1 fully saturated rings. The molecule has 0 unspecified atom stereocenters. The van der Waals surface area contributed by atoms with Crippen LogP contribution in [0.4, 0.5) is 0 Å². The predicted octanol–water partition coefficient (Wildman–Crippen LogP) is 2.95. The highest BCUT2D eigenvalue weighted by Crippen LogP contribution is 2.17. The van der Waals surface area contributed by atoms with E-state index in [1.54, 1.807) is 11.8 Å². The highest BCUT2D eigenvalue weighted by Gasteiger charge is 2.17. The molecule has 20 heavy (non-hydrogen) atoms. The summed E-state index contributed by atoms with van der Waals surface area (Å²) in [7, 11) is 2.03. The number of carbonyl (C=O) groups is 1. The van der Waals surface area contributed by atoms with Gasteiger partial charge in [0.15, 0.2) is 5.78 Å². The summed E-state index contributed by atoms with van der Waals surface area (Å²) in [6.45, 7) is 3.21. The molecule has 0 aromatic heterocycles. The fourth-order valence-electron chi connectivity index (χ4n) is 2.55. The van der Waals surface area contributed by atoms with Gasteiger partial charge in [-0.05, 0) is 44.2 Å². The molecule has 0 N–H and O–H groups in total. The summed E-state index contributed by atoms with van der Waals surface area (Å²) in [5, 5.41) is 0. The lowest BCUT2D eigenvalue weighted by Crippen LogP contribution is -2.33. The molecule has 110 valence electrons. The van der Waals surface area contributed by atoms with Crippen molar-refractivity contribution in [3.8, 4) is 0 Å². The zero-order chi connectivity index (χ0) is 14.4. The van der Waals surface area contributed by atoms with E-state index in [1.807, 2.05) is 37.6 Å². The Balaban J connectivity index is 1.82. The van der Waals surface area contributed by atoms with Gasteiger partial charge in [0.05, 0.1) is 6.54 Å². The van der Waals surface area contributed by atoms with E-state index in [2.05, 4.69) is 4.90 Å². The first-order chi connectivity index (χ1) is 9.69. The number of hydrogen-bond donors (Lipinski definition) is 0. The minimum atomic E-state index is 0.201. The van der Waals surface area contributed by atoms with Crippen molar-refractivity contribution in [1.82, 2.24) is 4.90 Å². The fraction of sp³-hybridized carbons (Fsp3) is 0.562. The largest absolute Gasteiger partial charge is 0.381 e. The first kappa shape index (κ1) is 15.5. The predicted molar refractivity (Wildman–Crippen MR) is 83.6 cm³/mol. The van der Waals surface area contributed by atoms with Crippen LogP contribution in [0.2, 0.25) is 0 Å². The van der Waals surface area contributed by atoms with Crippen LogP contribution in [0.3, 0.4) is 0 Å². The van der Waals surface area contributed by atoms with E-state index >= 15 is 0 Å². The Labute approximate surface area is 125 Å². The lowest BCUT2D eigenvalue weighted by atomic mass is 9.99. The van der Waals surface area contributed by atoms with Crippen molar-refractivity contribution in [3.63, 3.8) is 0 Å². The number of hydrogen-bond acceptors (Lipinski definition) is 4. The van der Waals surface area contributed by atoms with Crippen LogP contribution in [0.1, 0.15) is 23.2 Å². The van der Waals surface area contributed by atoms with Gasteiger partial charge in [-0.15, -0.1) is 11.8 Å². The highest BCUT2D eigenvalue weighted by molar-refractivity contribution is 7.98. The minimum Gasteiger partial charge on any atom is -0.381 e. The third-order valence-corrected chi connectivity index (χ3v) is 4.48. The minimum absolute atomic E-state index is 0.201. The number of ketones is 1. The molecule has 0 radical (unpaired) electrons. The van der Waals surface area contributed by atoms with Crippen LogP contribution in [0.25, 0.3) is 0 Å². The lowest BCUT2D eigenvalue weighted by Gasteiger charge is -2.26. The van der Waals surface area contributed by atoms with E-state index in [1.165, 1.54) is 4.90 Å². The van der Waals surface area contributed by atoms with Crippen molar-refractivity contribution in [2.24, 2.45) is 5.92 Å². The fourth-order valence-corrected chi connectivity index (χ4v) is 2.96. The molecular formula is C16H23NO2S. The second-order valence-corrected chi connectivity index (χ2v) is 6.28. The number of Topliss-reactive ketones (excluding diaryl/α,β-unsaturated/α-hetero) is 1. The van der Waals surface area contributed by atoms with E-state index in [-0.39, 0.29) is 5.78 Å². The summed E-state index contributed by atoms with van der Waals surface area (Å²) >= 11 is 1.69. The first-order valence-electron chi connectivity index (χ1n) is 7.12. The van der Waals surface area contributed by atoms with Gasteiger partial charge in [0.25, 0.3) is 0 Å². The molecule has 0 atom stereocenters. The standard InChI is InChI=1S/C16H23NO2S/c1-17(11-13-7-9-19-10-8-13)12-16(18)14-3-5-15(20-2)6-4-14/h3-6,13H,7-12H2,1-2H3. The molecule has 0 aliphatic carbocycles. The number of benzene rings is 1. The third kappa shape index (κ3) is 4.62. The second-order valence-electron chi connectivity index (χ2n) is 5.40. The smallest absolute Gasteiger partial charge is 0.176 e. The van der Waals surface area contributed by atoms with Gasteiger partial charge in [0.1, 0.15) is 0 Å². The van der Waals surface area contributed by atoms with Gasteiger partial charge in [-0.3, -0.25) is 9.69 Å². The normalized spacial score (nSPS) is 16.6. The number of ether oxygens (including phenoxy) is 1. The molecule has 1 saturated heterocycles. The Kier molecular flexibility index (Phi) is 6.07. The van der Waals surface area contributed by atoms with E-state index < -0.39 is 0 Å². The third-order valence-electron chi connectivity index (χ3n) is 3.74. The number of nitrogens with zero attached hydrogens (tertiary/aromatic N) is 1. The van der Waals surface area contributed by atoms with Gasteiger partial charge in [-0.25, -0.2) is 0 Å². The quantitative estimate of drug-likeness (QED) is 0.596. The van der Waals surface area contributed by atoms with Crippen LogP contribution in [0, 0.1) is 5.92 Å². The average Bonchev–Trinajstić information content (AvgIpc) is 2.48. The average molecular weight is 293 g/mol. The maximum Gasteiger partial charge on any atom is 0.176 e. The zero-order valence-electron chi connectivity index (χ0n) is 12.3. The number of likely N-dealkylation sites (N-methyl/N-ethyl adjacent to an activating group) is 1. The molecule has 1 aromatic rings. The maximum absolute atomic E-state index is 12.2. The second kappa shape index (κ2) is 7.81. The van der Waals surface area contributed by atoms with Crippen molar-refractivity contribution >= 4 is 17.5 Å². The molecule has 1 heterocycles. The highest BCUT2D eigenvalue weighted by atomic mass is 32.2. The van der Waals surface area contributed by atoms with E-state index in [9.17, 15) is 4.79 Å². The van der Waals surface area contributed by atoms with Gasteiger partial charge in [-0.2, -0.15) is 0 Å². The Morgan fingerprint density at radius 1 is 1.30 bits per heavy atom. The monoisotopic (exact) mass is 293 g/mol. The summed E-state index contributed by atoms with van der Waals surface area (Å²) in [6, 6.07) is 7.87. The van der Waals surface area contributed by atoms with Crippen LogP contribution in [0.15, 0.2) is 29.2 Å². The van der Waals surface area contributed by atoms with Crippen LogP contribution >= 0.6 is 11.8 Å². The van der Waals surface area contributed by atoms with Gasteiger partial charge >= 0.3 is 0 Å². The van der Waals surface area contributed by atoms with E-state index in [0.717, 1.165) is 38.2 Å². The van der Waals surface area contributed by atoms with Crippen LogP contribution in [0.5, 0.6) is 0 Å². The van der Waals surface area contributed by atoms with Crippen molar-refractivity contribution in [2.75, 3.05) is 39.6 Å². The first-order valence-corrected chi connectivity index (χ1v) is 8.35. The van der Waals surface area contributed by atoms with E-state index in [0.29, 0.717) is 12.5 Å². The van der Waals surface area contributed by atoms with Crippen molar-refractivity contribution in [3.05, 3.63) is 29.8 Å². The van der Waals surface area contributed by atoms with Gasteiger partial charge in [0, 0.05) is 30.2 Å². The molecular weight excluding hydrogens is 270 g/mol. The molecule has 3 nitrogen and oxygen atoms in total. The summed E-state index contributed by atoms with van der Waals surface area (Å²) in [6.07, 6.45) is 4.26. The SMILES string of the molecule is CSc1ccc(C(=O)CN(C)CC2CCOCC2)cc1. The van der Waals surface area contributed by atoms with Gasteiger partial charge in [0.2, 0.25) is 0 Å². The Bertz CT molecular complexity index is 427. The molecule has 1 aromatic carbocycles. The Morgan fingerprint density at radius 3 is 2.55 bits per heavy atom. The Morgan fingerprint density at radius 2 is 1.95 bits per heavy atom. The topological polar surface area (TPSA) is 29.5 Å². The molecule has 2 rings (SSSR count). The number of rotatable bonds is 6. The summed E-state index contributed by atoms with van der Waals surface area (Å²) in [5.74, 6) is 0.868. The molecule has 0 saturated carbocycles. The molecule has 0 spiro atoms. The van der Waals surface area contributed by atoms with Crippen LogP contribution in [-0.4, -0.2) is 50.3 Å². The van der Waals surface area contributed by atoms with Crippen molar-refractivity contribution in [1.29, 1.82) is 0 Å². The zero-order valence-corrected chi connectivity index (χ0v) is 13.1. The number of thioether (sulfide) groups is 1. The summed E-state index contributed by atoms with van der Waals surface area (Å²) in [4.78, 5) is 15.6. The number of carbonyl (C=O) groups excluding carboxylic acids is 1. The van der Waals surface area contributed by atoms with Crippen LogP contribution < -0.4 is 0 Å². The van der Waals surface area contributed by atoms with Crippen molar-refractivity contribution in [2.45, 2.75) is 17.7 Å². The van der Waals surface area contributed by atoms with Gasteiger partial charge in [-0.1, -0.05) is 12.1 Å². The van der Waals surface area contributed by atoms with Crippen molar-refractivity contribution < 1.29 is 9.53 Å². The molecule has 1 aliphatic heterocycles. The van der Waals surface area contributed by atoms with E-state index in [4.69, 9.17) is 4.74 Å². The molecule has 0 bridgehead atoms. The lowest BCUT2D eigenvalue weighted by molar-refractivity contribution is 0.0549. The van der Waals surface area contributed by atoms with Crippen LogP contribution in [-0.2, 0) is 4.74 Å². The maximum atomic E-state index is 12.2. The molecule has 0 amide bonds. The molecule has 1 aliphatic rings. The molecule has 4 heteroatoms. The van der Waals surface area contributed by atoms with Gasteiger partial charge < -0.3 is 4.74 Å². The Hall–Kier alpha value is -0.840. The summed E-state index contributed by atoms with van der Waals surface area (Å²) < 4.78 is 5.37. The summed E-state index contributed by atoms with van der Waals surface area (Å²) in [5.41, 5.74) is 0.807.